The van der Waals surface area contributed by atoms with Crippen LogP contribution in [0.3, 0.4) is 0 Å². The van der Waals surface area contributed by atoms with Gasteiger partial charge in [-0.05, 0) is 60.4 Å². The van der Waals surface area contributed by atoms with Gasteiger partial charge < -0.3 is 4.74 Å². The van der Waals surface area contributed by atoms with Gasteiger partial charge >= 0.3 is 5.97 Å². The van der Waals surface area contributed by atoms with Gasteiger partial charge in [0.2, 0.25) is 11.8 Å². The zero-order chi connectivity index (χ0) is 24.7. The van der Waals surface area contributed by atoms with Crippen LogP contribution >= 0.6 is 31.9 Å². The molecule has 2 atom stereocenters. The molecule has 0 N–H and O–H groups in total. The zero-order valence-corrected chi connectivity index (χ0v) is 22.2. The molecule has 0 spiro atoms. The number of carbonyl (C=O) groups is 3. The predicted molar refractivity (Wildman–Crippen MR) is 139 cm³/mol. The number of imide groups is 1. The van der Waals surface area contributed by atoms with Crippen molar-refractivity contribution in [3.8, 4) is 0 Å². The van der Waals surface area contributed by atoms with E-state index in [4.69, 9.17) is 4.74 Å². The Bertz CT molecular complexity index is 1290. The maximum Gasteiger partial charge on any atom is 0.338 e. The number of hydrogen-bond acceptors (Lipinski definition) is 4. The van der Waals surface area contributed by atoms with Crippen molar-refractivity contribution in [2.24, 2.45) is 11.8 Å². The summed E-state index contributed by atoms with van der Waals surface area (Å²) in [7, 11) is 0. The van der Waals surface area contributed by atoms with E-state index in [1.165, 1.54) is 4.90 Å². The SMILES string of the molecule is CC(C)OC(=O)c1ccc(N2C(=O)[C@H]3[C@H](C2=O)C2(Br)c4ccccc4C3(Br)c3ccccc32)cc1. The first-order valence-corrected chi connectivity index (χ1v) is 13.1. The number of ether oxygens (including phenoxy) is 1. The number of carbonyl (C=O) groups excluding carboxylic acids is 3. The van der Waals surface area contributed by atoms with Gasteiger partial charge in [0, 0.05) is 0 Å². The molecule has 2 bridgehead atoms. The molecule has 0 saturated carbocycles. The number of amides is 2. The molecule has 3 aromatic carbocycles. The molecule has 0 unspecified atom stereocenters. The maximum atomic E-state index is 14.0. The summed E-state index contributed by atoms with van der Waals surface area (Å²) in [6, 6.07) is 22.4. The van der Waals surface area contributed by atoms with E-state index in [1.807, 2.05) is 48.5 Å². The average Bonchev–Trinajstić information content (AvgIpc) is 3.13. The minimum Gasteiger partial charge on any atom is -0.459 e. The molecule has 5 nitrogen and oxygen atoms in total. The van der Waals surface area contributed by atoms with Gasteiger partial charge in [0.25, 0.3) is 0 Å². The fourth-order valence-corrected chi connectivity index (χ4v) is 8.25. The van der Waals surface area contributed by atoms with Crippen LogP contribution in [0.4, 0.5) is 5.69 Å². The first-order valence-electron chi connectivity index (χ1n) is 11.5. The molecule has 1 fully saturated rings. The second-order valence-corrected chi connectivity index (χ2v) is 12.0. The summed E-state index contributed by atoms with van der Waals surface area (Å²) in [5.74, 6) is -2.24. The van der Waals surface area contributed by atoms with Crippen molar-refractivity contribution >= 4 is 55.3 Å². The minimum absolute atomic E-state index is 0.240. The molecule has 0 radical (unpaired) electrons. The first-order chi connectivity index (χ1) is 16.7. The van der Waals surface area contributed by atoms with Crippen LogP contribution in [0.15, 0.2) is 72.8 Å². The summed E-state index contributed by atoms with van der Waals surface area (Å²) >= 11 is 8.00. The van der Waals surface area contributed by atoms with Crippen molar-refractivity contribution in [2.75, 3.05) is 4.90 Å². The highest BCUT2D eigenvalue weighted by Crippen LogP contribution is 2.70. The summed E-state index contributed by atoms with van der Waals surface area (Å²) in [6.07, 6.45) is -0.240. The fraction of sp³-hybridized carbons (Fsp3) is 0.250. The summed E-state index contributed by atoms with van der Waals surface area (Å²) in [4.78, 5) is 41.6. The topological polar surface area (TPSA) is 63.7 Å². The highest BCUT2D eigenvalue weighted by Gasteiger charge is 2.72. The Labute approximate surface area is 219 Å². The smallest absolute Gasteiger partial charge is 0.338 e. The lowest BCUT2D eigenvalue weighted by Crippen LogP contribution is -2.56. The largest absolute Gasteiger partial charge is 0.459 e. The minimum atomic E-state index is -0.830. The molecular weight excluding hydrogens is 574 g/mol. The van der Waals surface area contributed by atoms with E-state index in [0.29, 0.717) is 11.3 Å². The van der Waals surface area contributed by atoms with Crippen molar-refractivity contribution in [1.29, 1.82) is 0 Å². The van der Waals surface area contributed by atoms with E-state index in [1.54, 1.807) is 38.1 Å². The molecular formula is C28H21Br2NO4. The van der Waals surface area contributed by atoms with Gasteiger partial charge in [-0.25, -0.2) is 9.69 Å². The second-order valence-electron chi connectivity index (χ2n) is 9.48. The maximum absolute atomic E-state index is 14.0. The quantitative estimate of drug-likeness (QED) is 0.223. The lowest BCUT2D eigenvalue weighted by molar-refractivity contribution is -0.122. The molecule has 1 saturated heterocycles. The van der Waals surface area contributed by atoms with E-state index < -0.39 is 26.5 Å². The lowest BCUT2D eigenvalue weighted by atomic mass is 9.54. The van der Waals surface area contributed by atoms with Crippen LogP contribution in [0.25, 0.3) is 0 Å². The van der Waals surface area contributed by atoms with E-state index in [-0.39, 0.29) is 17.9 Å². The van der Waals surface area contributed by atoms with Gasteiger partial charge in [-0.15, -0.1) is 0 Å². The number of alkyl halides is 2. The summed E-state index contributed by atoms with van der Waals surface area (Å²) < 4.78 is 3.60. The van der Waals surface area contributed by atoms with Crippen molar-refractivity contribution in [3.05, 3.63) is 101 Å². The highest BCUT2D eigenvalue weighted by atomic mass is 79.9. The summed E-state index contributed by atoms with van der Waals surface area (Å²) in [5, 5.41) is 0. The van der Waals surface area contributed by atoms with Crippen LogP contribution in [0.2, 0.25) is 0 Å². The molecule has 35 heavy (non-hydrogen) atoms. The van der Waals surface area contributed by atoms with Gasteiger partial charge in [0.1, 0.15) is 0 Å². The standard InChI is InChI=1S/C28H21Br2NO4/c1-15(2)35-26(34)16-11-13-17(14-12-16)31-24(32)22-23(25(31)33)28(30)19-8-4-3-7-18(19)27(22,29)20-9-5-6-10-21(20)28/h3-15,22-23H,1-2H3/t22-,23-,27?,28?/m1/s1. The van der Waals surface area contributed by atoms with E-state index in [9.17, 15) is 14.4 Å². The third-order valence-electron chi connectivity index (χ3n) is 7.29. The van der Waals surface area contributed by atoms with Crippen LogP contribution in [-0.2, 0) is 23.0 Å². The molecule has 3 aromatic rings. The van der Waals surface area contributed by atoms with Gasteiger partial charge in [-0.2, -0.15) is 0 Å². The molecule has 2 amide bonds. The Kier molecular flexibility index (Phi) is 4.93. The molecule has 4 aliphatic rings. The molecule has 3 aliphatic carbocycles. The van der Waals surface area contributed by atoms with Gasteiger partial charge in [0.15, 0.2) is 0 Å². The monoisotopic (exact) mass is 593 g/mol. The average molecular weight is 595 g/mol. The van der Waals surface area contributed by atoms with Crippen molar-refractivity contribution < 1.29 is 19.1 Å². The number of rotatable bonds is 3. The van der Waals surface area contributed by atoms with Gasteiger partial charge in [-0.3, -0.25) is 9.59 Å². The molecule has 1 heterocycles. The molecule has 1 aliphatic heterocycles. The van der Waals surface area contributed by atoms with Crippen LogP contribution in [0, 0.1) is 11.8 Å². The van der Waals surface area contributed by atoms with Crippen molar-refractivity contribution in [3.63, 3.8) is 0 Å². The van der Waals surface area contributed by atoms with E-state index in [2.05, 4.69) is 31.9 Å². The van der Waals surface area contributed by atoms with Gasteiger partial charge in [-0.1, -0.05) is 80.4 Å². The Morgan fingerprint density at radius 1 is 0.771 bits per heavy atom. The summed E-state index contributed by atoms with van der Waals surface area (Å²) in [6.45, 7) is 3.57. The molecule has 0 aromatic heterocycles. The Hall–Kier alpha value is -2.77. The van der Waals surface area contributed by atoms with E-state index >= 15 is 0 Å². The molecule has 7 rings (SSSR count). The number of benzene rings is 3. The number of esters is 1. The second kappa shape index (κ2) is 7.61. The normalized spacial score (nSPS) is 28.1. The third kappa shape index (κ3) is 2.82. The van der Waals surface area contributed by atoms with Gasteiger partial charge in [0.05, 0.1) is 37.8 Å². The molecule has 7 heteroatoms. The Balaban J connectivity index is 1.49. The third-order valence-corrected chi connectivity index (χ3v) is 9.98. The Morgan fingerprint density at radius 3 is 1.54 bits per heavy atom. The van der Waals surface area contributed by atoms with Crippen molar-refractivity contribution in [1.82, 2.24) is 0 Å². The number of anilines is 1. The van der Waals surface area contributed by atoms with Crippen molar-refractivity contribution in [2.45, 2.75) is 28.6 Å². The predicted octanol–water partition coefficient (Wildman–Crippen LogP) is 5.66. The van der Waals surface area contributed by atoms with Crippen LogP contribution in [0.1, 0.15) is 46.5 Å². The Morgan fingerprint density at radius 2 is 1.17 bits per heavy atom. The van der Waals surface area contributed by atoms with Crippen LogP contribution in [-0.4, -0.2) is 23.9 Å². The highest BCUT2D eigenvalue weighted by molar-refractivity contribution is 9.10. The fourth-order valence-electron chi connectivity index (χ4n) is 5.95. The molecule has 176 valence electrons. The number of hydrogen-bond donors (Lipinski definition) is 0. The van der Waals surface area contributed by atoms with Crippen LogP contribution < -0.4 is 4.90 Å². The first kappa shape index (κ1) is 22.7. The summed E-state index contributed by atoms with van der Waals surface area (Å²) in [5.41, 5.74) is 4.78. The van der Waals surface area contributed by atoms with Crippen LogP contribution in [0.5, 0.6) is 0 Å². The number of halogens is 2. The zero-order valence-electron chi connectivity index (χ0n) is 19.0. The number of nitrogens with zero attached hydrogens (tertiary/aromatic N) is 1. The lowest BCUT2D eigenvalue weighted by Gasteiger charge is -2.55. The van der Waals surface area contributed by atoms with E-state index in [0.717, 1.165) is 22.3 Å².